The van der Waals surface area contributed by atoms with Crippen LogP contribution < -0.4 is 10.6 Å². The summed E-state index contributed by atoms with van der Waals surface area (Å²) < 4.78 is 5.24. The fourth-order valence-corrected chi connectivity index (χ4v) is 4.87. The van der Waals surface area contributed by atoms with E-state index in [1.807, 2.05) is 0 Å². The SMILES string of the molecule is Cc1cc(NC(=O)C(=O)N2C[C@@H](C)CC[C@H]2[C@H]2CC[C@@H](O)CC2)cnc1NC(=O)OC(C)(C)C. The summed E-state index contributed by atoms with van der Waals surface area (Å²) in [5.41, 5.74) is 0.377. The lowest BCUT2D eigenvalue weighted by atomic mass is 9.77. The number of piperidine rings is 1. The Bertz CT molecular complexity index is 905. The van der Waals surface area contributed by atoms with Crippen molar-refractivity contribution >= 4 is 29.4 Å². The van der Waals surface area contributed by atoms with Crippen LogP contribution in [0.5, 0.6) is 0 Å². The Balaban J connectivity index is 1.64. The van der Waals surface area contributed by atoms with Gasteiger partial charge in [0.1, 0.15) is 11.4 Å². The smallest absolute Gasteiger partial charge is 0.413 e. The topological polar surface area (TPSA) is 121 Å². The van der Waals surface area contributed by atoms with Gasteiger partial charge >= 0.3 is 17.9 Å². The Morgan fingerprint density at radius 1 is 1.09 bits per heavy atom. The summed E-state index contributed by atoms with van der Waals surface area (Å²) in [6, 6.07) is 1.69. The van der Waals surface area contributed by atoms with Crippen LogP contribution in [-0.2, 0) is 14.3 Å². The van der Waals surface area contributed by atoms with E-state index in [0.717, 1.165) is 38.5 Å². The minimum atomic E-state index is -0.691. The predicted octanol–water partition coefficient (Wildman–Crippen LogP) is 3.85. The lowest BCUT2D eigenvalue weighted by Gasteiger charge is -2.44. The number of hydrogen-bond acceptors (Lipinski definition) is 6. The van der Waals surface area contributed by atoms with Crippen molar-refractivity contribution in [2.24, 2.45) is 11.8 Å². The van der Waals surface area contributed by atoms with Crippen LogP contribution in [0.3, 0.4) is 0 Å². The van der Waals surface area contributed by atoms with Crippen molar-refractivity contribution < 1.29 is 24.2 Å². The van der Waals surface area contributed by atoms with Crippen molar-refractivity contribution in [2.75, 3.05) is 17.2 Å². The monoisotopic (exact) mass is 474 g/mol. The van der Waals surface area contributed by atoms with Crippen molar-refractivity contribution in [1.29, 1.82) is 0 Å². The second kappa shape index (κ2) is 10.7. The number of carbonyl (C=O) groups excluding carboxylic acids is 3. The van der Waals surface area contributed by atoms with Crippen LogP contribution in [-0.4, -0.2) is 57.2 Å². The molecular weight excluding hydrogens is 436 g/mol. The maximum Gasteiger partial charge on any atom is 0.413 e. The molecule has 34 heavy (non-hydrogen) atoms. The second-order valence-electron chi connectivity index (χ2n) is 10.7. The molecule has 188 valence electrons. The van der Waals surface area contributed by atoms with E-state index in [1.165, 1.54) is 6.20 Å². The number of likely N-dealkylation sites (tertiary alicyclic amines) is 1. The molecule has 2 fully saturated rings. The maximum absolute atomic E-state index is 13.2. The molecule has 0 unspecified atom stereocenters. The molecule has 9 nitrogen and oxygen atoms in total. The number of pyridine rings is 1. The molecule has 0 spiro atoms. The summed E-state index contributed by atoms with van der Waals surface area (Å²) in [7, 11) is 0. The van der Waals surface area contributed by atoms with E-state index in [-0.39, 0.29) is 12.1 Å². The normalized spacial score (nSPS) is 25.4. The summed E-state index contributed by atoms with van der Waals surface area (Å²) in [5, 5.41) is 15.1. The van der Waals surface area contributed by atoms with E-state index < -0.39 is 23.5 Å². The summed E-state index contributed by atoms with van der Waals surface area (Å²) in [6.45, 7) is 9.72. The molecule has 1 saturated carbocycles. The predicted molar refractivity (Wildman–Crippen MR) is 129 cm³/mol. The lowest BCUT2D eigenvalue weighted by Crippen LogP contribution is -2.53. The van der Waals surface area contributed by atoms with E-state index in [2.05, 4.69) is 22.5 Å². The molecule has 1 aromatic rings. The molecule has 3 amide bonds. The van der Waals surface area contributed by atoms with E-state index in [1.54, 1.807) is 38.7 Å². The number of rotatable bonds is 3. The average molecular weight is 475 g/mol. The molecule has 2 heterocycles. The Labute approximate surface area is 201 Å². The first-order valence-corrected chi connectivity index (χ1v) is 12.2. The summed E-state index contributed by atoms with van der Waals surface area (Å²) >= 11 is 0. The van der Waals surface area contributed by atoms with Crippen molar-refractivity contribution in [3.05, 3.63) is 17.8 Å². The highest BCUT2D eigenvalue weighted by Crippen LogP contribution is 2.35. The second-order valence-corrected chi connectivity index (χ2v) is 10.7. The van der Waals surface area contributed by atoms with Gasteiger partial charge in [-0.1, -0.05) is 6.92 Å². The van der Waals surface area contributed by atoms with E-state index >= 15 is 0 Å². The van der Waals surface area contributed by atoms with Crippen LogP contribution in [0.1, 0.15) is 71.8 Å². The van der Waals surface area contributed by atoms with Crippen LogP contribution in [0.4, 0.5) is 16.3 Å². The van der Waals surface area contributed by atoms with E-state index in [0.29, 0.717) is 35.4 Å². The highest BCUT2D eigenvalue weighted by atomic mass is 16.6. The van der Waals surface area contributed by atoms with Gasteiger partial charge in [0.15, 0.2) is 0 Å². The summed E-state index contributed by atoms with van der Waals surface area (Å²) in [4.78, 5) is 44.0. The Hall–Kier alpha value is -2.68. The number of nitrogens with zero attached hydrogens (tertiary/aromatic N) is 2. The lowest BCUT2D eigenvalue weighted by molar-refractivity contribution is -0.148. The molecule has 0 bridgehead atoms. The zero-order valence-electron chi connectivity index (χ0n) is 20.9. The van der Waals surface area contributed by atoms with Crippen LogP contribution in [0, 0.1) is 18.8 Å². The van der Waals surface area contributed by atoms with E-state index in [4.69, 9.17) is 4.74 Å². The molecule has 3 rings (SSSR count). The summed E-state index contributed by atoms with van der Waals surface area (Å²) in [5.74, 6) is -0.248. The molecule has 2 atom stereocenters. The van der Waals surface area contributed by atoms with Crippen LogP contribution >= 0.6 is 0 Å². The Morgan fingerprint density at radius 3 is 2.38 bits per heavy atom. The first-order valence-electron chi connectivity index (χ1n) is 12.2. The molecule has 1 saturated heterocycles. The number of ether oxygens (including phenoxy) is 1. The van der Waals surface area contributed by atoms with Gasteiger partial charge in [0.2, 0.25) is 0 Å². The number of amides is 3. The van der Waals surface area contributed by atoms with Gasteiger partial charge in [0.25, 0.3) is 0 Å². The molecule has 1 aliphatic carbocycles. The highest BCUT2D eigenvalue weighted by molar-refractivity contribution is 6.39. The molecular formula is C25H38N4O5. The van der Waals surface area contributed by atoms with Gasteiger partial charge in [-0.3, -0.25) is 14.9 Å². The fraction of sp³-hybridized carbons (Fsp3) is 0.680. The summed E-state index contributed by atoms with van der Waals surface area (Å²) in [6.07, 6.45) is 5.70. The highest BCUT2D eigenvalue weighted by Gasteiger charge is 2.38. The fourth-order valence-electron chi connectivity index (χ4n) is 4.87. The van der Waals surface area contributed by atoms with Crippen molar-refractivity contribution in [3.63, 3.8) is 0 Å². The van der Waals surface area contributed by atoms with Gasteiger partial charge in [0.05, 0.1) is 18.0 Å². The molecule has 1 aliphatic heterocycles. The number of carbonyl (C=O) groups is 3. The third-order valence-corrected chi connectivity index (χ3v) is 6.56. The van der Waals surface area contributed by atoms with E-state index in [9.17, 15) is 19.5 Å². The van der Waals surface area contributed by atoms with Gasteiger partial charge < -0.3 is 20.1 Å². The molecule has 2 aliphatic rings. The number of nitrogens with one attached hydrogen (secondary N) is 2. The molecule has 0 radical (unpaired) electrons. The van der Waals surface area contributed by atoms with Crippen LogP contribution in [0.2, 0.25) is 0 Å². The zero-order chi connectivity index (χ0) is 25.0. The maximum atomic E-state index is 13.2. The largest absolute Gasteiger partial charge is 0.444 e. The number of anilines is 2. The van der Waals surface area contributed by atoms with Gasteiger partial charge in [-0.05, 0) is 89.7 Å². The number of aliphatic hydroxyl groups is 1. The minimum absolute atomic E-state index is 0.0298. The quantitative estimate of drug-likeness (QED) is 0.572. The average Bonchev–Trinajstić information content (AvgIpc) is 2.74. The Morgan fingerprint density at radius 2 is 1.76 bits per heavy atom. The third-order valence-electron chi connectivity index (χ3n) is 6.56. The zero-order valence-corrected chi connectivity index (χ0v) is 20.9. The first kappa shape index (κ1) is 25.9. The van der Waals surface area contributed by atoms with Gasteiger partial charge in [-0.25, -0.2) is 9.78 Å². The Kier molecular flexibility index (Phi) is 8.17. The molecule has 0 aromatic carbocycles. The van der Waals surface area contributed by atoms with Crippen molar-refractivity contribution in [2.45, 2.75) is 90.9 Å². The van der Waals surface area contributed by atoms with Crippen molar-refractivity contribution in [1.82, 2.24) is 9.88 Å². The standard InChI is InChI=1S/C25H38N4O5/c1-15-6-11-20(17-7-9-19(30)10-8-17)29(14-15)23(32)22(31)27-18-12-16(2)21(26-13-18)28-24(33)34-25(3,4)5/h12-13,15,17,19-20,30H,6-11,14H2,1-5H3,(H,27,31)(H,26,28,33)/t15-,17-,19+,20-/m0/s1. The molecule has 3 N–H and O–H groups in total. The first-order chi connectivity index (χ1) is 15.9. The number of aliphatic hydroxyl groups excluding tert-OH is 1. The van der Waals surface area contributed by atoms with Crippen LogP contribution in [0.25, 0.3) is 0 Å². The third kappa shape index (κ3) is 6.91. The number of hydrogen-bond donors (Lipinski definition) is 3. The molecule has 1 aromatic heterocycles. The molecule has 9 heteroatoms. The minimum Gasteiger partial charge on any atom is -0.444 e. The van der Waals surface area contributed by atoms with Crippen molar-refractivity contribution in [3.8, 4) is 0 Å². The van der Waals surface area contributed by atoms with Gasteiger partial charge in [-0.2, -0.15) is 0 Å². The number of aryl methyl sites for hydroxylation is 1. The van der Waals surface area contributed by atoms with Gasteiger partial charge in [0, 0.05) is 12.6 Å². The van der Waals surface area contributed by atoms with Gasteiger partial charge in [-0.15, -0.1) is 0 Å². The number of aromatic nitrogens is 1. The van der Waals surface area contributed by atoms with Crippen LogP contribution in [0.15, 0.2) is 12.3 Å².